The molecule has 1 aromatic heterocycles. The Morgan fingerprint density at radius 2 is 2.05 bits per heavy atom. The highest BCUT2D eigenvalue weighted by Gasteiger charge is 2.41. The third-order valence-corrected chi connectivity index (χ3v) is 4.50. The van der Waals surface area contributed by atoms with Crippen LogP contribution in [0.3, 0.4) is 0 Å². The maximum Gasteiger partial charge on any atom is 0.248 e. The van der Waals surface area contributed by atoms with Crippen molar-refractivity contribution in [2.24, 2.45) is 7.05 Å². The van der Waals surface area contributed by atoms with Crippen LogP contribution in [0.2, 0.25) is 5.02 Å². The molecule has 1 aromatic rings. The Morgan fingerprint density at radius 3 is 2.57 bits per heavy atom. The van der Waals surface area contributed by atoms with Gasteiger partial charge in [0.1, 0.15) is 12.1 Å². The van der Waals surface area contributed by atoms with Gasteiger partial charge in [0.25, 0.3) is 0 Å². The molecule has 0 aliphatic carbocycles. The molecule has 6 nitrogen and oxygen atoms in total. The van der Waals surface area contributed by atoms with Gasteiger partial charge < -0.3 is 10.2 Å². The van der Waals surface area contributed by atoms with Crippen LogP contribution in [0.1, 0.15) is 38.6 Å². The zero-order valence-electron chi connectivity index (χ0n) is 12.9. The lowest BCUT2D eigenvalue weighted by Gasteiger charge is -2.39. The number of carbonyl (C=O) groups excluding carboxylic acids is 2. The maximum absolute atomic E-state index is 12.6. The number of hydrogen-bond acceptors (Lipinski definition) is 3. The minimum absolute atomic E-state index is 0.0530. The van der Waals surface area contributed by atoms with E-state index >= 15 is 0 Å². The number of amides is 2. The van der Waals surface area contributed by atoms with Crippen LogP contribution in [-0.2, 0) is 29.6 Å². The van der Waals surface area contributed by atoms with Gasteiger partial charge in [0.15, 0.2) is 0 Å². The molecule has 7 heteroatoms. The summed E-state index contributed by atoms with van der Waals surface area (Å²) < 4.78 is 1.68. The smallest absolute Gasteiger partial charge is 0.248 e. The predicted octanol–water partition coefficient (Wildman–Crippen LogP) is 1.26. The van der Waals surface area contributed by atoms with E-state index in [-0.39, 0.29) is 18.4 Å². The van der Waals surface area contributed by atoms with Crippen LogP contribution in [0.4, 0.5) is 0 Å². The quantitative estimate of drug-likeness (QED) is 0.910. The Labute approximate surface area is 129 Å². The number of halogens is 1. The fourth-order valence-corrected chi connectivity index (χ4v) is 2.89. The zero-order valence-corrected chi connectivity index (χ0v) is 13.6. The Hall–Kier alpha value is -1.56. The van der Waals surface area contributed by atoms with Gasteiger partial charge in [0, 0.05) is 7.05 Å². The van der Waals surface area contributed by atoms with E-state index in [4.69, 9.17) is 11.6 Å². The van der Waals surface area contributed by atoms with Gasteiger partial charge >= 0.3 is 0 Å². The summed E-state index contributed by atoms with van der Waals surface area (Å²) >= 11 is 6.32. The molecule has 2 amide bonds. The summed E-state index contributed by atoms with van der Waals surface area (Å²) in [5, 5.41) is 7.69. The van der Waals surface area contributed by atoms with Crippen LogP contribution in [0.5, 0.6) is 0 Å². The van der Waals surface area contributed by atoms with Crippen molar-refractivity contribution in [2.45, 2.75) is 45.7 Å². The molecule has 1 aliphatic rings. The lowest BCUT2D eigenvalue weighted by atomic mass is 9.94. The van der Waals surface area contributed by atoms with Gasteiger partial charge in [-0.05, 0) is 19.8 Å². The topological polar surface area (TPSA) is 67.2 Å². The summed E-state index contributed by atoms with van der Waals surface area (Å²) in [6.07, 6.45) is 1.28. The lowest BCUT2D eigenvalue weighted by molar-refractivity contribution is -0.150. The van der Waals surface area contributed by atoms with Crippen LogP contribution in [0, 0.1) is 0 Å². The number of piperazine rings is 1. The second-order valence-corrected chi connectivity index (χ2v) is 5.96. The van der Waals surface area contributed by atoms with E-state index in [0.717, 1.165) is 17.8 Å². The van der Waals surface area contributed by atoms with Crippen LogP contribution < -0.4 is 5.32 Å². The molecule has 1 fully saturated rings. The van der Waals surface area contributed by atoms with Crippen LogP contribution >= 0.6 is 11.6 Å². The molecular weight excluding hydrogens is 292 g/mol. The molecule has 1 N–H and O–H groups in total. The van der Waals surface area contributed by atoms with Crippen molar-refractivity contribution in [1.29, 1.82) is 0 Å². The van der Waals surface area contributed by atoms with Crippen molar-refractivity contribution in [3.05, 3.63) is 16.4 Å². The van der Waals surface area contributed by atoms with Gasteiger partial charge in [0.2, 0.25) is 11.8 Å². The summed E-state index contributed by atoms with van der Waals surface area (Å²) in [5.41, 5.74) is 0.727. The molecule has 1 saturated heterocycles. The van der Waals surface area contributed by atoms with E-state index in [1.807, 2.05) is 13.8 Å². The van der Waals surface area contributed by atoms with Crippen molar-refractivity contribution in [1.82, 2.24) is 20.0 Å². The lowest BCUT2D eigenvalue weighted by Crippen LogP contribution is -2.64. The second kappa shape index (κ2) is 5.67. The molecule has 0 radical (unpaired) electrons. The van der Waals surface area contributed by atoms with E-state index in [1.165, 1.54) is 0 Å². The van der Waals surface area contributed by atoms with Crippen LogP contribution in [0.15, 0.2) is 0 Å². The van der Waals surface area contributed by atoms with Crippen molar-refractivity contribution in [2.75, 3.05) is 6.54 Å². The van der Waals surface area contributed by atoms with E-state index < -0.39 is 5.54 Å². The first kappa shape index (κ1) is 15.8. The second-order valence-electron chi connectivity index (χ2n) is 5.58. The third kappa shape index (κ3) is 2.77. The highest BCUT2D eigenvalue weighted by Crippen LogP contribution is 2.25. The van der Waals surface area contributed by atoms with Gasteiger partial charge in [-0.25, -0.2) is 0 Å². The minimum Gasteiger partial charge on any atom is -0.340 e. The Kier molecular flexibility index (Phi) is 4.27. The molecule has 2 heterocycles. The number of rotatable bonds is 4. The Bertz CT molecular complexity index is 584. The first-order valence-electron chi connectivity index (χ1n) is 7.13. The van der Waals surface area contributed by atoms with Crippen molar-refractivity contribution in [3.63, 3.8) is 0 Å². The number of hydrogen-bond donors (Lipinski definition) is 1. The molecule has 21 heavy (non-hydrogen) atoms. The molecule has 0 aromatic carbocycles. The Balaban J connectivity index is 2.28. The fourth-order valence-electron chi connectivity index (χ4n) is 2.53. The monoisotopic (exact) mass is 312 g/mol. The summed E-state index contributed by atoms with van der Waals surface area (Å²) in [6, 6.07) is 0. The van der Waals surface area contributed by atoms with E-state index in [2.05, 4.69) is 10.4 Å². The normalized spacial score (nSPS) is 22.6. The largest absolute Gasteiger partial charge is 0.340 e. The molecule has 2 rings (SSSR count). The van der Waals surface area contributed by atoms with Gasteiger partial charge in [-0.3, -0.25) is 14.3 Å². The molecule has 1 unspecified atom stereocenters. The standard InChI is InChI=1S/C14H21ClN4O2/c1-5-9-12(15)10(18(4)17-9)7-19-8-11(20)16-14(3,6-2)13(19)21/h5-8H2,1-4H3,(H,16,20). The summed E-state index contributed by atoms with van der Waals surface area (Å²) in [6.45, 7) is 5.96. The summed E-state index contributed by atoms with van der Waals surface area (Å²) in [4.78, 5) is 26.0. The Morgan fingerprint density at radius 1 is 1.38 bits per heavy atom. The van der Waals surface area contributed by atoms with Gasteiger partial charge in [-0.2, -0.15) is 5.10 Å². The van der Waals surface area contributed by atoms with Crippen molar-refractivity contribution >= 4 is 23.4 Å². The number of aromatic nitrogens is 2. The fraction of sp³-hybridized carbons (Fsp3) is 0.643. The van der Waals surface area contributed by atoms with Crippen LogP contribution in [-0.4, -0.2) is 38.6 Å². The van der Waals surface area contributed by atoms with Gasteiger partial charge in [-0.15, -0.1) is 0 Å². The van der Waals surface area contributed by atoms with E-state index in [1.54, 1.807) is 23.6 Å². The molecule has 0 saturated carbocycles. The maximum atomic E-state index is 12.6. The number of carbonyl (C=O) groups is 2. The highest BCUT2D eigenvalue weighted by molar-refractivity contribution is 6.31. The minimum atomic E-state index is -0.839. The molecule has 1 aliphatic heterocycles. The number of nitrogens with one attached hydrogen (secondary N) is 1. The average Bonchev–Trinajstić information content (AvgIpc) is 2.71. The SMILES string of the molecule is CCc1nn(C)c(CN2CC(=O)NC(C)(CC)C2=O)c1Cl. The van der Waals surface area contributed by atoms with Gasteiger partial charge in [0.05, 0.1) is 23.0 Å². The average molecular weight is 313 g/mol. The first-order valence-corrected chi connectivity index (χ1v) is 7.50. The first-order chi connectivity index (χ1) is 9.82. The van der Waals surface area contributed by atoms with E-state index in [0.29, 0.717) is 18.0 Å². The third-order valence-electron chi connectivity index (χ3n) is 4.06. The molecule has 116 valence electrons. The number of aryl methyl sites for hydroxylation is 2. The summed E-state index contributed by atoms with van der Waals surface area (Å²) in [5.74, 6) is -0.229. The van der Waals surface area contributed by atoms with Crippen LogP contribution in [0.25, 0.3) is 0 Å². The van der Waals surface area contributed by atoms with Crippen molar-refractivity contribution < 1.29 is 9.59 Å². The van der Waals surface area contributed by atoms with E-state index in [9.17, 15) is 9.59 Å². The molecule has 1 atom stereocenters. The zero-order chi connectivity index (χ0) is 15.8. The highest BCUT2D eigenvalue weighted by atomic mass is 35.5. The number of nitrogens with zero attached hydrogens (tertiary/aromatic N) is 3. The molecular formula is C14H21ClN4O2. The molecule has 0 bridgehead atoms. The summed E-state index contributed by atoms with van der Waals surface area (Å²) in [7, 11) is 1.80. The molecule has 0 spiro atoms. The van der Waals surface area contributed by atoms with Crippen molar-refractivity contribution in [3.8, 4) is 0 Å². The predicted molar refractivity (Wildman–Crippen MR) is 79.9 cm³/mol. The van der Waals surface area contributed by atoms with Gasteiger partial charge in [-0.1, -0.05) is 25.4 Å².